The molecule has 0 unspecified atom stereocenters. The molecule has 0 aliphatic carbocycles. The van der Waals surface area contributed by atoms with Crippen molar-refractivity contribution < 1.29 is 17.9 Å². The first-order chi connectivity index (χ1) is 14.6. The lowest BCUT2D eigenvalue weighted by atomic mass is 10.1. The van der Waals surface area contributed by atoms with Gasteiger partial charge in [0.05, 0.1) is 4.90 Å². The van der Waals surface area contributed by atoms with Gasteiger partial charge in [0.2, 0.25) is 16.8 Å². The second-order valence-corrected chi connectivity index (χ2v) is 9.64. The van der Waals surface area contributed by atoms with Gasteiger partial charge < -0.3 is 19.3 Å². The summed E-state index contributed by atoms with van der Waals surface area (Å²) in [7, 11) is -3.58. The number of sulfonamides is 1. The van der Waals surface area contributed by atoms with E-state index in [2.05, 4.69) is 20.0 Å². The second kappa shape index (κ2) is 7.92. The van der Waals surface area contributed by atoms with Crippen molar-refractivity contribution >= 4 is 21.7 Å². The van der Waals surface area contributed by atoms with Crippen molar-refractivity contribution in [3.8, 4) is 11.5 Å². The molecule has 3 aliphatic heterocycles. The van der Waals surface area contributed by atoms with E-state index in [1.807, 2.05) is 12.1 Å². The lowest BCUT2D eigenvalue weighted by Gasteiger charge is -2.34. The van der Waals surface area contributed by atoms with Crippen molar-refractivity contribution in [3.05, 3.63) is 30.3 Å². The van der Waals surface area contributed by atoms with Gasteiger partial charge in [-0.15, -0.1) is 10.2 Å². The molecule has 1 aromatic heterocycles. The van der Waals surface area contributed by atoms with Gasteiger partial charge in [0.1, 0.15) is 0 Å². The van der Waals surface area contributed by atoms with Crippen LogP contribution in [-0.4, -0.2) is 69.0 Å². The van der Waals surface area contributed by atoms with Gasteiger partial charge in [-0.1, -0.05) is 0 Å². The van der Waals surface area contributed by atoms with E-state index in [9.17, 15) is 8.42 Å². The van der Waals surface area contributed by atoms with E-state index in [4.69, 9.17) is 9.47 Å². The Morgan fingerprint density at radius 3 is 2.03 bits per heavy atom. The summed E-state index contributed by atoms with van der Waals surface area (Å²) in [5.74, 6) is 2.75. The minimum Gasteiger partial charge on any atom is -0.454 e. The van der Waals surface area contributed by atoms with Gasteiger partial charge in [0.15, 0.2) is 23.1 Å². The molecule has 10 heteroatoms. The van der Waals surface area contributed by atoms with E-state index in [-0.39, 0.29) is 11.7 Å². The molecule has 5 rings (SSSR count). The Bertz CT molecular complexity index is 1000. The molecule has 4 heterocycles. The first-order valence-electron chi connectivity index (χ1n) is 10.3. The number of nitrogens with zero attached hydrogens (tertiary/aromatic N) is 5. The third-order valence-electron chi connectivity index (χ3n) is 5.86. The molecule has 30 heavy (non-hydrogen) atoms. The fourth-order valence-electron chi connectivity index (χ4n) is 4.12. The van der Waals surface area contributed by atoms with Gasteiger partial charge in [-0.05, 0) is 43.5 Å². The van der Waals surface area contributed by atoms with E-state index in [0.29, 0.717) is 37.7 Å². The monoisotopic (exact) mass is 431 g/mol. The summed E-state index contributed by atoms with van der Waals surface area (Å²) in [6.07, 6.45) is 3.67. The summed E-state index contributed by atoms with van der Waals surface area (Å²) in [4.78, 5) is 4.58. The number of ether oxygens (including phenoxy) is 2. The molecule has 160 valence electrons. The topological polar surface area (TPSA) is 88.1 Å². The molecule has 1 aromatic carbocycles. The number of piperidine rings is 1. The first-order valence-corrected chi connectivity index (χ1v) is 11.8. The summed E-state index contributed by atoms with van der Waals surface area (Å²) >= 11 is 0. The zero-order valence-corrected chi connectivity index (χ0v) is 17.6. The fourth-order valence-corrected chi connectivity index (χ4v) is 5.56. The Balaban J connectivity index is 1.23. The third kappa shape index (κ3) is 3.65. The fraction of sp³-hybridized carbons (Fsp3) is 0.500. The second-order valence-electron chi connectivity index (χ2n) is 7.70. The minimum atomic E-state index is -3.58. The van der Waals surface area contributed by atoms with Crippen LogP contribution in [0.5, 0.6) is 11.5 Å². The van der Waals surface area contributed by atoms with Crippen LogP contribution < -0.4 is 19.3 Å². The number of fused-ring (bicyclic) bond motifs is 1. The van der Waals surface area contributed by atoms with Gasteiger partial charge in [-0.2, -0.15) is 4.31 Å². The van der Waals surface area contributed by atoms with Gasteiger partial charge >= 0.3 is 0 Å². The smallest absolute Gasteiger partial charge is 0.243 e. The maximum Gasteiger partial charge on any atom is 0.243 e. The standard InChI is InChI=1S/C20H25N5O4S/c26-30(27,16-4-5-17-18(14-16)29-15-28-17)25-12-10-24(11-13-25)20-7-6-19(21-22-20)23-8-2-1-3-9-23/h4-7,14H,1-3,8-13,15H2. The number of piperazine rings is 1. The van der Waals surface area contributed by atoms with E-state index >= 15 is 0 Å². The summed E-state index contributed by atoms with van der Waals surface area (Å²) in [5, 5.41) is 8.80. The average Bonchev–Trinajstić information content (AvgIpc) is 3.28. The maximum absolute atomic E-state index is 13.0. The number of anilines is 2. The molecular formula is C20H25N5O4S. The molecule has 0 saturated carbocycles. The largest absolute Gasteiger partial charge is 0.454 e. The van der Waals surface area contributed by atoms with Gasteiger partial charge in [0, 0.05) is 45.3 Å². The van der Waals surface area contributed by atoms with Crippen molar-refractivity contribution in [3.63, 3.8) is 0 Å². The SMILES string of the molecule is O=S(=O)(c1ccc2c(c1)OCO2)N1CCN(c2ccc(N3CCCCC3)nn2)CC1. The number of rotatable bonds is 4. The van der Waals surface area contributed by atoms with Crippen LogP contribution in [0.2, 0.25) is 0 Å². The van der Waals surface area contributed by atoms with Crippen molar-refractivity contribution in [2.24, 2.45) is 0 Å². The zero-order valence-electron chi connectivity index (χ0n) is 16.7. The van der Waals surface area contributed by atoms with Crippen LogP contribution in [0.1, 0.15) is 19.3 Å². The Kier molecular flexibility index (Phi) is 5.11. The molecule has 2 aromatic rings. The zero-order chi connectivity index (χ0) is 20.6. The average molecular weight is 432 g/mol. The summed E-state index contributed by atoms with van der Waals surface area (Å²) in [6, 6.07) is 8.75. The van der Waals surface area contributed by atoms with E-state index < -0.39 is 10.0 Å². The highest BCUT2D eigenvalue weighted by Gasteiger charge is 2.30. The molecule has 3 aliphatic rings. The summed E-state index contributed by atoms with van der Waals surface area (Å²) < 4.78 is 38.2. The molecule has 2 fully saturated rings. The van der Waals surface area contributed by atoms with Crippen LogP contribution >= 0.6 is 0 Å². The van der Waals surface area contributed by atoms with Gasteiger partial charge in [-0.3, -0.25) is 0 Å². The highest BCUT2D eigenvalue weighted by Crippen LogP contribution is 2.34. The molecule has 0 N–H and O–H groups in total. The van der Waals surface area contributed by atoms with Crippen molar-refractivity contribution in [1.29, 1.82) is 0 Å². The number of hydrogen-bond donors (Lipinski definition) is 0. The molecule has 0 bridgehead atoms. The Labute approximate surface area is 176 Å². The van der Waals surface area contributed by atoms with E-state index in [0.717, 1.165) is 24.7 Å². The molecule has 0 radical (unpaired) electrons. The third-order valence-corrected chi connectivity index (χ3v) is 7.76. The lowest BCUT2D eigenvalue weighted by Crippen LogP contribution is -2.49. The molecule has 0 atom stereocenters. The summed E-state index contributed by atoms with van der Waals surface area (Å²) in [6.45, 7) is 4.12. The molecule has 0 amide bonds. The quantitative estimate of drug-likeness (QED) is 0.723. The van der Waals surface area contributed by atoms with E-state index in [1.165, 1.54) is 29.6 Å². The molecular weight excluding hydrogens is 406 g/mol. The van der Waals surface area contributed by atoms with Crippen LogP contribution in [0.15, 0.2) is 35.2 Å². The van der Waals surface area contributed by atoms with Crippen molar-refractivity contribution in [2.45, 2.75) is 24.2 Å². The summed E-state index contributed by atoms with van der Waals surface area (Å²) in [5.41, 5.74) is 0. The predicted octanol–water partition coefficient (Wildman–Crippen LogP) is 1.71. The van der Waals surface area contributed by atoms with Crippen LogP contribution in [-0.2, 0) is 10.0 Å². The number of hydrogen-bond acceptors (Lipinski definition) is 8. The van der Waals surface area contributed by atoms with Crippen molar-refractivity contribution in [1.82, 2.24) is 14.5 Å². The molecule has 2 saturated heterocycles. The maximum atomic E-state index is 13.0. The Hall–Kier alpha value is -2.59. The molecule has 9 nitrogen and oxygen atoms in total. The van der Waals surface area contributed by atoms with E-state index in [1.54, 1.807) is 12.1 Å². The highest BCUT2D eigenvalue weighted by molar-refractivity contribution is 7.89. The molecule has 0 spiro atoms. The predicted molar refractivity (Wildman–Crippen MR) is 112 cm³/mol. The van der Waals surface area contributed by atoms with Gasteiger partial charge in [0.25, 0.3) is 0 Å². The Morgan fingerprint density at radius 1 is 0.733 bits per heavy atom. The number of aromatic nitrogens is 2. The first kappa shape index (κ1) is 19.4. The lowest BCUT2D eigenvalue weighted by molar-refractivity contribution is 0.174. The van der Waals surface area contributed by atoms with Crippen LogP contribution in [0, 0.1) is 0 Å². The van der Waals surface area contributed by atoms with Crippen LogP contribution in [0.4, 0.5) is 11.6 Å². The van der Waals surface area contributed by atoms with Gasteiger partial charge in [-0.25, -0.2) is 8.42 Å². The van der Waals surface area contributed by atoms with Crippen LogP contribution in [0.3, 0.4) is 0 Å². The Morgan fingerprint density at radius 2 is 1.37 bits per heavy atom. The van der Waals surface area contributed by atoms with Crippen molar-refractivity contribution in [2.75, 3.05) is 55.9 Å². The normalized spacial score (nSPS) is 19.9. The highest BCUT2D eigenvalue weighted by atomic mass is 32.2. The number of benzene rings is 1. The minimum absolute atomic E-state index is 0.120. The van der Waals surface area contributed by atoms with Crippen LogP contribution in [0.25, 0.3) is 0 Å².